The van der Waals surface area contributed by atoms with Gasteiger partial charge in [0.2, 0.25) is 0 Å². The molecule has 0 aliphatic heterocycles. The van der Waals surface area contributed by atoms with Crippen molar-refractivity contribution in [2.75, 3.05) is 7.11 Å². The molecule has 2 nitrogen and oxygen atoms in total. The molecule has 0 atom stereocenters. The Bertz CT molecular complexity index is 593. The molecule has 0 saturated heterocycles. The summed E-state index contributed by atoms with van der Waals surface area (Å²) in [5, 5.41) is 0. The molecule has 0 aromatic heterocycles. The van der Waals surface area contributed by atoms with Crippen molar-refractivity contribution in [3.63, 3.8) is 0 Å². The van der Waals surface area contributed by atoms with E-state index < -0.39 is 0 Å². The summed E-state index contributed by atoms with van der Waals surface area (Å²) in [5.74, 6) is 1.07. The van der Waals surface area contributed by atoms with Crippen molar-refractivity contribution in [2.24, 2.45) is 0 Å². The van der Waals surface area contributed by atoms with Crippen LogP contribution >= 0.6 is 15.9 Å². The number of Topliss-reactive ketones (excluding diaryl/α,β-unsaturated/α-hetero) is 1. The first kappa shape index (κ1) is 15.8. The third kappa shape index (κ3) is 5.01. The highest BCUT2D eigenvalue weighted by Gasteiger charge is 2.07. The number of carbonyl (C=O) groups is 1. The minimum absolute atomic E-state index is 0.281. The number of ketones is 1. The summed E-state index contributed by atoms with van der Waals surface area (Å²) in [6.45, 7) is 0. The zero-order valence-corrected chi connectivity index (χ0v) is 13.7. The van der Waals surface area contributed by atoms with Crippen molar-refractivity contribution in [1.82, 2.24) is 0 Å². The average molecular weight is 347 g/mol. The van der Waals surface area contributed by atoms with Crippen LogP contribution in [0.4, 0.5) is 0 Å². The van der Waals surface area contributed by atoms with Gasteiger partial charge in [0.25, 0.3) is 0 Å². The topological polar surface area (TPSA) is 26.3 Å². The Balaban J connectivity index is 1.80. The summed E-state index contributed by atoms with van der Waals surface area (Å²) in [7, 11) is 1.63. The van der Waals surface area contributed by atoms with Crippen molar-refractivity contribution in [3.8, 4) is 5.75 Å². The van der Waals surface area contributed by atoms with E-state index in [2.05, 4.69) is 28.1 Å². The van der Waals surface area contributed by atoms with Crippen LogP contribution in [0.3, 0.4) is 0 Å². The van der Waals surface area contributed by atoms with E-state index in [1.807, 2.05) is 36.4 Å². The number of ether oxygens (including phenoxy) is 1. The third-order valence-corrected chi connectivity index (χ3v) is 4.00. The molecule has 110 valence electrons. The molecular weight excluding hydrogens is 328 g/mol. The predicted octanol–water partition coefficient (Wildman–Crippen LogP) is 4.59. The van der Waals surface area contributed by atoms with Gasteiger partial charge < -0.3 is 4.74 Å². The van der Waals surface area contributed by atoms with E-state index in [9.17, 15) is 4.79 Å². The molecule has 21 heavy (non-hydrogen) atoms. The SMILES string of the molecule is COc1ccc(CC(=O)CCCc2ccccc2)cc1Br. The molecule has 0 N–H and O–H groups in total. The van der Waals surface area contributed by atoms with Crippen LogP contribution in [0.5, 0.6) is 5.75 Å². The molecule has 0 aliphatic rings. The highest BCUT2D eigenvalue weighted by Crippen LogP contribution is 2.25. The third-order valence-electron chi connectivity index (χ3n) is 3.38. The van der Waals surface area contributed by atoms with Gasteiger partial charge >= 0.3 is 0 Å². The van der Waals surface area contributed by atoms with Crippen molar-refractivity contribution in [3.05, 3.63) is 64.1 Å². The lowest BCUT2D eigenvalue weighted by atomic mass is 10.0. The van der Waals surface area contributed by atoms with Gasteiger partial charge in [0.1, 0.15) is 11.5 Å². The maximum absolute atomic E-state index is 12.0. The van der Waals surface area contributed by atoms with E-state index in [-0.39, 0.29) is 5.78 Å². The van der Waals surface area contributed by atoms with Crippen LogP contribution in [0.15, 0.2) is 53.0 Å². The summed E-state index contributed by atoms with van der Waals surface area (Å²) in [4.78, 5) is 12.0. The van der Waals surface area contributed by atoms with Gasteiger partial charge in [0.05, 0.1) is 11.6 Å². The molecule has 2 aromatic rings. The second kappa shape index (κ2) is 7.99. The molecule has 2 aromatic carbocycles. The molecule has 0 spiro atoms. The van der Waals surface area contributed by atoms with Crippen molar-refractivity contribution >= 4 is 21.7 Å². The maximum Gasteiger partial charge on any atom is 0.137 e. The van der Waals surface area contributed by atoms with Crippen LogP contribution in [0.2, 0.25) is 0 Å². The Kier molecular flexibility index (Phi) is 6.00. The molecule has 0 bridgehead atoms. The number of benzene rings is 2. The van der Waals surface area contributed by atoms with Crippen LogP contribution in [-0.2, 0) is 17.6 Å². The van der Waals surface area contributed by atoms with Gasteiger partial charge in [0, 0.05) is 12.8 Å². The van der Waals surface area contributed by atoms with E-state index >= 15 is 0 Å². The summed E-state index contributed by atoms with van der Waals surface area (Å²) in [5.41, 5.74) is 2.31. The second-order valence-corrected chi connectivity index (χ2v) is 5.88. The minimum Gasteiger partial charge on any atom is -0.496 e. The van der Waals surface area contributed by atoms with Crippen LogP contribution in [0, 0.1) is 0 Å². The Labute approximate surface area is 134 Å². The highest BCUT2D eigenvalue weighted by atomic mass is 79.9. The molecule has 0 fully saturated rings. The van der Waals surface area contributed by atoms with E-state index in [0.29, 0.717) is 12.8 Å². The van der Waals surface area contributed by atoms with E-state index in [0.717, 1.165) is 28.6 Å². The lowest BCUT2D eigenvalue weighted by Gasteiger charge is -2.06. The smallest absolute Gasteiger partial charge is 0.137 e. The fraction of sp³-hybridized carbons (Fsp3) is 0.278. The van der Waals surface area contributed by atoms with E-state index in [1.54, 1.807) is 7.11 Å². The van der Waals surface area contributed by atoms with Crippen molar-refractivity contribution < 1.29 is 9.53 Å². The van der Waals surface area contributed by atoms with Crippen LogP contribution in [0.1, 0.15) is 24.0 Å². The standard InChI is InChI=1S/C18H19BrO2/c1-21-18-11-10-15(13-17(18)19)12-16(20)9-5-8-14-6-3-2-4-7-14/h2-4,6-7,10-11,13H,5,8-9,12H2,1H3. The Morgan fingerprint density at radius 3 is 2.52 bits per heavy atom. The van der Waals surface area contributed by atoms with Gasteiger partial charge in [0.15, 0.2) is 0 Å². The predicted molar refractivity (Wildman–Crippen MR) is 88.8 cm³/mol. The Morgan fingerprint density at radius 1 is 1.10 bits per heavy atom. The molecular formula is C18H19BrO2. The number of hydrogen-bond donors (Lipinski definition) is 0. The average Bonchev–Trinajstić information content (AvgIpc) is 2.48. The van der Waals surface area contributed by atoms with Gasteiger partial charge in [-0.25, -0.2) is 0 Å². The Hall–Kier alpha value is -1.61. The first-order valence-electron chi connectivity index (χ1n) is 7.07. The number of carbonyl (C=O) groups excluding carboxylic acids is 1. The quantitative estimate of drug-likeness (QED) is 0.732. The molecule has 0 saturated carbocycles. The van der Waals surface area contributed by atoms with Gasteiger partial charge in [-0.1, -0.05) is 36.4 Å². The fourth-order valence-electron chi connectivity index (χ4n) is 2.27. The van der Waals surface area contributed by atoms with Gasteiger partial charge in [-0.05, 0) is 52.0 Å². The largest absolute Gasteiger partial charge is 0.496 e. The van der Waals surface area contributed by atoms with Crippen LogP contribution < -0.4 is 4.74 Å². The lowest BCUT2D eigenvalue weighted by Crippen LogP contribution is -2.03. The van der Waals surface area contributed by atoms with Gasteiger partial charge in [-0.2, -0.15) is 0 Å². The fourth-order valence-corrected chi connectivity index (χ4v) is 2.86. The zero-order valence-electron chi connectivity index (χ0n) is 12.1. The van der Waals surface area contributed by atoms with Gasteiger partial charge in [-0.3, -0.25) is 4.79 Å². The number of aryl methyl sites for hydroxylation is 1. The summed E-state index contributed by atoms with van der Waals surface area (Å²) in [6, 6.07) is 16.1. The molecule has 0 heterocycles. The first-order valence-corrected chi connectivity index (χ1v) is 7.86. The highest BCUT2D eigenvalue weighted by molar-refractivity contribution is 9.10. The van der Waals surface area contributed by atoms with E-state index in [1.165, 1.54) is 5.56 Å². The van der Waals surface area contributed by atoms with Crippen LogP contribution in [0.25, 0.3) is 0 Å². The van der Waals surface area contributed by atoms with E-state index in [4.69, 9.17) is 4.74 Å². The Morgan fingerprint density at radius 2 is 1.86 bits per heavy atom. The second-order valence-electron chi connectivity index (χ2n) is 5.02. The van der Waals surface area contributed by atoms with Crippen LogP contribution in [-0.4, -0.2) is 12.9 Å². The number of hydrogen-bond acceptors (Lipinski definition) is 2. The first-order chi connectivity index (χ1) is 10.2. The molecule has 0 radical (unpaired) electrons. The number of rotatable bonds is 7. The molecule has 3 heteroatoms. The van der Waals surface area contributed by atoms with Crippen molar-refractivity contribution in [2.45, 2.75) is 25.7 Å². The lowest BCUT2D eigenvalue weighted by molar-refractivity contribution is -0.118. The zero-order chi connectivity index (χ0) is 15.1. The molecule has 0 amide bonds. The number of methoxy groups -OCH3 is 1. The minimum atomic E-state index is 0.281. The summed E-state index contributed by atoms with van der Waals surface area (Å²) < 4.78 is 6.08. The monoisotopic (exact) mass is 346 g/mol. The normalized spacial score (nSPS) is 10.4. The summed E-state index contributed by atoms with van der Waals surface area (Å²) >= 11 is 3.44. The maximum atomic E-state index is 12.0. The van der Waals surface area contributed by atoms with Crippen molar-refractivity contribution in [1.29, 1.82) is 0 Å². The molecule has 2 rings (SSSR count). The summed E-state index contributed by atoms with van der Waals surface area (Å²) in [6.07, 6.45) is 2.97. The number of halogens is 1. The molecule has 0 aliphatic carbocycles. The van der Waals surface area contributed by atoms with Gasteiger partial charge in [-0.15, -0.1) is 0 Å². The molecule has 0 unspecified atom stereocenters.